The van der Waals surface area contributed by atoms with E-state index in [2.05, 4.69) is 4.74 Å². The van der Waals surface area contributed by atoms with Gasteiger partial charge in [-0.1, -0.05) is 13.0 Å². The highest BCUT2D eigenvalue weighted by Gasteiger charge is 2.11. The van der Waals surface area contributed by atoms with E-state index in [4.69, 9.17) is 0 Å². The number of methoxy groups -OCH3 is 1. The van der Waals surface area contributed by atoms with Gasteiger partial charge in [0.05, 0.1) is 12.7 Å². The van der Waals surface area contributed by atoms with Gasteiger partial charge in [-0.2, -0.15) is 11.8 Å². The molecule has 0 aromatic heterocycles. The summed E-state index contributed by atoms with van der Waals surface area (Å²) in [6.07, 6.45) is 0. The maximum atomic E-state index is 13.4. The number of esters is 1. The van der Waals surface area contributed by atoms with E-state index in [0.29, 0.717) is 0 Å². The number of hydrogen-bond donors (Lipinski definition) is 0. The van der Waals surface area contributed by atoms with E-state index in [0.717, 1.165) is 17.1 Å². The molecule has 0 bridgehead atoms. The molecule has 0 aliphatic carbocycles. The first-order chi connectivity index (χ1) is 7.19. The van der Waals surface area contributed by atoms with E-state index < -0.39 is 11.8 Å². The topological polar surface area (TPSA) is 26.3 Å². The lowest BCUT2D eigenvalue weighted by molar-refractivity contribution is 0.0595. The molecule has 15 heavy (non-hydrogen) atoms. The zero-order valence-electron chi connectivity index (χ0n) is 8.75. The molecule has 0 aliphatic heterocycles. The summed E-state index contributed by atoms with van der Waals surface area (Å²) in [4.78, 5) is 11.1. The van der Waals surface area contributed by atoms with Crippen molar-refractivity contribution >= 4 is 17.7 Å². The quantitative estimate of drug-likeness (QED) is 0.741. The molecule has 0 atom stereocenters. The van der Waals surface area contributed by atoms with Crippen LogP contribution >= 0.6 is 11.8 Å². The van der Waals surface area contributed by atoms with Crippen molar-refractivity contribution in [2.75, 3.05) is 12.9 Å². The standard InChI is InChI=1S/C11H13FO2S/c1-3-15-7-8-4-5-9(10(12)6-8)11(13)14-2/h4-6H,3,7H2,1-2H3. The van der Waals surface area contributed by atoms with Crippen LogP contribution in [-0.2, 0) is 10.5 Å². The molecule has 0 radical (unpaired) electrons. The molecule has 0 heterocycles. The highest BCUT2D eigenvalue weighted by Crippen LogP contribution is 2.16. The van der Waals surface area contributed by atoms with Crippen molar-refractivity contribution in [3.8, 4) is 0 Å². The SMILES string of the molecule is CCSCc1ccc(C(=O)OC)c(F)c1. The van der Waals surface area contributed by atoms with Crippen molar-refractivity contribution in [2.24, 2.45) is 0 Å². The third-order valence-corrected chi connectivity index (χ3v) is 2.86. The minimum Gasteiger partial charge on any atom is -0.465 e. The second-order valence-electron chi connectivity index (χ2n) is 2.94. The molecular formula is C11H13FO2S. The van der Waals surface area contributed by atoms with Gasteiger partial charge in [0.15, 0.2) is 0 Å². The molecule has 2 nitrogen and oxygen atoms in total. The zero-order chi connectivity index (χ0) is 11.3. The Morgan fingerprint density at radius 3 is 2.80 bits per heavy atom. The fraction of sp³-hybridized carbons (Fsp3) is 0.364. The number of rotatable bonds is 4. The van der Waals surface area contributed by atoms with E-state index in [1.54, 1.807) is 17.8 Å². The summed E-state index contributed by atoms with van der Waals surface area (Å²) in [5.41, 5.74) is 0.870. The van der Waals surface area contributed by atoms with Crippen molar-refractivity contribution in [2.45, 2.75) is 12.7 Å². The monoisotopic (exact) mass is 228 g/mol. The number of ether oxygens (including phenoxy) is 1. The minimum absolute atomic E-state index is 0.0113. The van der Waals surface area contributed by atoms with E-state index in [9.17, 15) is 9.18 Å². The van der Waals surface area contributed by atoms with Gasteiger partial charge in [0.25, 0.3) is 0 Å². The lowest BCUT2D eigenvalue weighted by Gasteiger charge is -2.04. The first-order valence-electron chi connectivity index (χ1n) is 4.63. The Bertz CT molecular complexity index is 352. The Morgan fingerprint density at radius 1 is 1.53 bits per heavy atom. The lowest BCUT2D eigenvalue weighted by atomic mass is 10.1. The third kappa shape index (κ3) is 3.23. The fourth-order valence-electron chi connectivity index (χ4n) is 1.14. The normalized spacial score (nSPS) is 10.1. The van der Waals surface area contributed by atoms with Crippen LogP contribution < -0.4 is 0 Å². The number of carbonyl (C=O) groups is 1. The highest BCUT2D eigenvalue weighted by molar-refractivity contribution is 7.98. The summed E-state index contributed by atoms with van der Waals surface area (Å²) in [5.74, 6) is 0.591. The number of carbonyl (C=O) groups excluding carboxylic acids is 1. The molecule has 4 heteroatoms. The molecule has 0 amide bonds. The predicted molar refractivity (Wildman–Crippen MR) is 59.6 cm³/mol. The highest BCUT2D eigenvalue weighted by atomic mass is 32.2. The Balaban J connectivity index is 2.83. The first kappa shape index (κ1) is 12.0. The molecule has 1 aromatic carbocycles. The second-order valence-corrected chi connectivity index (χ2v) is 4.22. The van der Waals surface area contributed by atoms with Crippen LogP contribution in [0.5, 0.6) is 0 Å². The number of thioether (sulfide) groups is 1. The summed E-state index contributed by atoms with van der Waals surface area (Å²) in [7, 11) is 1.24. The third-order valence-electron chi connectivity index (χ3n) is 1.91. The number of benzene rings is 1. The predicted octanol–water partition coefficient (Wildman–Crippen LogP) is 2.87. The van der Waals surface area contributed by atoms with Gasteiger partial charge in [-0.3, -0.25) is 0 Å². The average molecular weight is 228 g/mol. The molecular weight excluding hydrogens is 215 g/mol. The fourth-order valence-corrected chi connectivity index (χ4v) is 1.76. The van der Waals surface area contributed by atoms with E-state index in [1.165, 1.54) is 19.2 Å². The molecule has 82 valence electrons. The van der Waals surface area contributed by atoms with E-state index in [1.807, 2.05) is 6.92 Å². The number of halogens is 1. The van der Waals surface area contributed by atoms with Gasteiger partial charge in [0, 0.05) is 5.75 Å². The zero-order valence-corrected chi connectivity index (χ0v) is 9.57. The van der Waals surface area contributed by atoms with Crippen molar-refractivity contribution in [3.63, 3.8) is 0 Å². The van der Waals surface area contributed by atoms with Crippen molar-refractivity contribution < 1.29 is 13.9 Å². The molecule has 0 N–H and O–H groups in total. The summed E-state index contributed by atoms with van der Waals surface area (Å²) >= 11 is 1.71. The van der Waals surface area contributed by atoms with Crippen molar-refractivity contribution in [1.82, 2.24) is 0 Å². The summed E-state index contributed by atoms with van der Waals surface area (Å²) in [5, 5.41) is 0. The van der Waals surface area contributed by atoms with E-state index in [-0.39, 0.29) is 5.56 Å². The van der Waals surface area contributed by atoms with Gasteiger partial charge >= 0.3 is 5.97 Å². The smallest absolute Gasteiger partial charge is 0.340 e. The summed E-state index contributed by atoms with van der Waals surface area (Å²) in [6.45, 7) is 2.05. The lowest BCUT2D eigenvalue weighted by Crippen LogP contribution is -2.04. The Kier molecular flexibility index (Phi) is 4.62. The molecule has 0 saturated heterocycles. The van der Waals surface area contributed by atoms with Crippen LogP contribution in [0.2, 0.25) is 0 Å². The van der Waals surface area contributed by atoms with Crippen LogP contribution in [-0.4, -0.2) is 18.8 Å². The molecule has 1 aromatic rings. The minimum atomic E-state index is -0.637. The average Bonchev–Trinajstić information content (AvgIpc) is 2.25. The first-order valence-corrected chi connectivity index (χ1v) is 5.79. The van der Waals surface area contributed by atoms with Crippen LogP contribution in [0.4, 0.5) is 4.39 Å². The van der Waals surface area contributed by atoms with Crippen LogP contribution in [0.15, 0.2) is 18.2 Å². The summed E-state index contributed by atoms with van der Waals surface area (Å²) in [6, 6.07) is 4.60. The maximum Gasteiger partial charge on any atom is 0.340 e. The van der Waals surface area contributed by atoms with Crippen LogP contribution in [0, 0.1) is 5.82 Å². The van der Waals surface area contributed by atoms with Crippen molar-refractivity contribution in [3.05, 3.63) is 35.1 Å². The summed E-state index contributed by atoms with van der Waals surface area (Å²) < 4.78 is 17.9. The van der Waals surface area contributed by atoms with Crippen LogP contribution in [0.1, 0.15) is 22.8 Å². The van der Waals surface area contributed by atoms with Gasteiger partial charge in [-0.25, -0.2) is 9.18 Å². The Morgan fingerprint density at radius 2 is 2.27 bits per heavy atom. The number of hydrogen-bond acceptors (Lipinski definition) is 3. The van der Waals surface area contributed by atoms with Gasteiger partial charge in [-0.15, -0.1) is 0 Å². The second kappa shape index (κ2) is 5.75. The Hall–Kier alpha value is -1.03. The Labute approximate surface area is 92.8 Å². The molecule has 0 saturated carbocycles. The molecule has 1 rings (SSSR count). The van der Waals surface area contributed by atoms with E-state index >= 15 is 0 Å². The van der Waals surface area contributed by atoms with Crippen LogP contribution in [0.25, 0.3) is 0 Å². The molecule has 0 fully saturated rings. The van der Waals surface area contributed by atoms with Crippen LogP contribution in [0.3, 0.4) is 0 Å². The molecule has 0 spiro atoms. The van der Waals surface area contributed by atoms with Gasteiger partial charge in [-0.05, 0) is 23.4 Å². The van der Waals surface area contributed by atoms with Gasteiger partial charge in [0.1, 0.15) is 5.82 Å². The van der Waals surface area contributed by atoms with Crippen molar-refractivity contribution in [1.29, 1.82) is 0 Å². The molecule has 0 unspecified atom stereocenters. The molecule has 0 aliphatic rings. The maximum absolute atomic E-state index is 13.4. The van der Waals surface area contributed by atoms with Gasteiger partial charge < -0.3 is 4.74 Å². The largest absolute Gasteiger partial charge is 0.465 e. The van der Waals surface area contributed by atoms with Gasteiger partial charge in [0.2, 0.25) is 0 Å².